The molecule has 28 heavy (non-hydrogen) atoms. The molecule has 1 aromatic rings. The third-order valence-corrected chi connectivity index (χ3v) is 4.79. The minimum absolute atomic E-state index is 0.111. The normalized spacial score (nSPS) is 13.8. The number of amides is 2. The second kappa shape index (κ2) is 9.96. The quantitative estimate of drug-likeness (QED) is 0.675. The summed E-state index contributed by atoms with van der Waals surface area (Å²) >= 11 is 0. The molecule has 2 amide bonds. The minimum atomic E-state index is -1.58. The van der Waals surface area contributed by atoms with Crippen molar-refractivity contribution in [2.45, 2.75) is 38.2 Å². The van der Waals surface area contributed by atoms with Crippen LogP contribution >= 0.6 is 0 Å². The zero-order chi connectivity index (χ0) is 20.7. The summed E-state index contributed by atoms with van der Waals surface area (Å²) in [4.78, 5) is 37.3. The summed E-state index contributed by atoms with van der Waals surface area (Å²) in [6.07, 6.45) is 4.90. The molecule has 8 nitrogen and oxygen atoms in total. The van der Waals surface area contributed by atoms with Gasteiger partial charge in [0.2, 0.25) is 5.91 Å². The second-order valence-corrected chi connectivity index (χ2v) is 7.08. The monoisotopic (exact) mass is 392 g/mol. The lowest BCUT2D eigenvalue weighted by atomic mass is 10.1. The maximum Gasteiger partial charge on any atom is 0.394 e. The Morgan fingerprint density at radius 3 is 2.39 bits per heavy atom. The van der Waals surface area contributed by atoms with Crippen LogP contribution in [0, 0.1) is 0 Å². The van der Waals surface area contributed by atoms with Gasteiger partial charge in [-0.15, -0.1) is 0 Å². The van der Waals surface area contributed by atoms with E-state index in [4.69, 9.17) is 14.6 Å². The molecule has 0 saturated heterocycles. The fourth-order valence-corrected chi connectivity index (χ4v) is 3.11. The van der Waals surface area contributed by atoms with Gasteiger partial charge in [-0.3, -0.25) is 9.59 Å². The average molecular weight is 392 g/mol. The number of likely N-dealkylation sites (N-methyl/N-ethyl adjacent to an activating group) is 1. The van der Waals surface area contributed by atoms with Crippen molar-refractivity contribution in [2.24, 2.45) is 0 Å². The lowest BCUT2D eigenvalue weighted by Gasteiger charge is -2.22. The van der Waals surface area contributed by atoms with Crippen molar-refractivity contribution in [3.05, 3.63) is 23.8 Å². The fraction of sp³-hybridized carbons (Fsp3) is 0.550. The standard InChI is InChI=1S/C20H28N2O6/c1-21(2)18(23)13-22(19(24)20(25)26)11-10-14-8-9-16(27-3)17(12-14)28-15-6-4-5-7-15/h8-9,12,15H,4-7,10-11,13H2,1-3H3,(H,25,26). The van der Waals surface area contributed by atoms with Gasteiger partial charge >= 0.3 is 11.9 Å². The number of aliphatic carboxylic acids is 1. The third kappa shape index (κ3) is 5.87. The summed E-state index contributed by atoms with van der Waals surface area (Å²) < 4.78 is 11.4. The molecule has 0 bridgehead atoms. The van der Waals surface area contributed by atoms with E-state index in [2.05, 4.69) is 0 Å². The summed E-state index contributed by atoms with van der Waals surface area (Å²) in [5.74, 6) is -1.73. The molecule has 1 aliphatic rings. The molecule has 154 valence electrons. The number of ether oxygens (including phenoxy) is 2. The number of hydrogen-bond acceptors (Lipinski definition) is 5. The van der Waals surface area contributed by atoms with E-state index in [-0.39, 0.29) is 25.1 Å². The number of rotatable bonds is 8. The van der Waals surface area contributed by atoms with E-state index < -0.39 is 11.9 Å². The molecule has 0 heterocycles. The molecule has 0 aliphatic heterocycles. The molecule has 2 rings (SSSR count). The van der Waals surface area contributed by atoms with Crippen LogP contribution in [-0.4, -0.2) is 73.1 Å². The van der Waals surface area contributed by atoms with Gasteiger partial charge in [0, 0.05) is 20.6 Å². The lowest BCUT2D eigenvalue weighted by Crippen LogP contribution is -2.44. The first-order valence-corrected chi connectivity index (χ1v) is 9.37. The molecular weight excluding hydrogens is 364 g/mol. The summed E-state index contributed by atoms with van der Waals surface area (Å²) in [5.41, 5.74) is 0.870. The van der Waals surface area contributed by atoms with Crippen LogP contribution in [0.4, 0.5) is 0 Å². The summed E-state index contributed by atoms with van der Waals surface area (Å²) in [5, 5.41) is 9.02. The lowest BCUT2D eigenvalue weighted by molar-refractivity contribution is -0.157. The van der Waals surface area contributed by atoms with Crippen LogP contribution in [0.5, 0.6) is 11.5 Å². The van der Waals surface area contributed by atoms with Crippen molar-refractivity contribution in [1.29, 1.82) is 0 Å². The van der Waals surface area contributed by atoms with Crippen LogP contribution in [0.3, 0.4) is 0 Å². The van der Waals surface area contributed by atoms with Crippen LogP contribution in [-0.2, 0) is 20.8 Å². The summed E-state index contributed by atoms with van der Waals surface area (Å²) in [7, 11) is 4.69. The highest BCUT2D eigenvalue weighted by Gasteiger charge is 2.24. The molecule has 1 N–H and O–H groups in total. The predicted molar refractivity (Wildman–Crippen MR) is 102 cm³/mol. The van der Waals surface area contributed by atoms with Crippen molar-refractivity contribution >= 4 is 17.8 Å². The van der Waals surface area contributed by atoms with Crippen molar-refractivity contribution in [2.75, 3.05) is 34.3 Å². The summed E-state index contributed by atoms with van der Waals surface area (Å²) in [6.45, 7) is -0.167. The Kier molecular flexibility index (Phi) is 7.66. The van der Waals surface area contributed by atoms with E-state index in [0.717, 1.165) is 36.1 Å². The highest BCUT2D eigenvalue weighted by atomic mass is 16.5. The van der Waals surface area contributed by atoms with Crippen LogP contribution < -0.4 is 9.47 Å². The van der Waals surface area contributed by atoms with E-state index in [0.29, 0.717) is 17.9 Å². The molecule has 1 saturated carbocycles. The van der Waals surface area contributed by atoms with E-state index in [1.807, 2.05) is 12.1 Å². The van der Waals surface area contributed by atoms with Gasteiger partial charge in [0.25, 0.3) is 0 Å². The van der Waals surface area contributed by atoms with Crippen molar-refractivity contribution in [1.82, 2.24) is 9.80 Å². The number of carboxylic acid groups (broad SMARTS) is 1. The van der Waals surface area contributed by atoms with E-state index in [9.17, 15) is 14.4 Å². The first kappa shape index (κ1) is 21.5. The SMILES string of the molecule is COc1ccc(CCN(CC(=O)N(C)C)C(=O)C(=O)O)cc1OC1CCCC1. The number of hydrogen-bond donors (Lipinski definition) is 1. The molecule has 0 unspecified atom stereocenters. The van der Waals surface area contributed by atoms with Crippen molar-refractivity contribution in [3.63, 3.8) is 0 Å². The van der Waals surface area contributed by atoms with Crippen molar-refractivity contribution in [3.8, 4) is 11.5 Å². The molecular formula is C20H28N2O6. The highest BCUT2D eigenvalue weighted by Crippen LogP contribution is 2.32. The molecule has 1 fully saturated rings. The van der Waals surface area contributed by atoms with Gasteiger partial charge in [-0.25, -0.2) is 4.79 Å². The van der Waals surface area contributed by atoms with Gasteiger partial charge in [-0.2, -0.15) is 0 Å². The van der Waals surface area contributed by atoms with E-state index in [1.165, 1.54) is 4.90 Å². The Balaban J connectivity index is 2.09. The Labute approximate surface area is 165 Å². The topological polar surface area (TPSA) is 96.4 Å². The smallest absolute Gasteiger partial charge is 0.394 e. The highest BCUT2D eigenvalue weighted by molar-refractivity contribution is 6.31. The Bertz CT molecular complexity index is 713. The van der Waals surface area contributed by atoms with Gasteiger partial charge in [-0.05, 0) is 49.8 Å². The molecule has 1 aliphatic carbocycles. The van der Waals surface area contributed by atoms with Crippen molar-refractivity contribution < 1.29 is 29.0 Å². The van der Waals surface area contributed by atoms with Crippen LogP contribution in [0.1, 0.15) is 31.2 Å². The maximum atomic E-state index is 11.9. The number of benzene rings is 1. The molecule has 0 spiro atoms. The zero-order valence-corrected chi connectivity index (χ0v) is 16.6. The fourth-order valence-electron chi connectivity index (χ4n) is 3.11. The van der Waals surface area contributed by atoms with E-state index >= 15 is 0 Å². The molecule has 0 aromatic heterocycles. The van der Waals surface area contributed by atoms with Crippen LogP contribution in [0.15, 0.2) is 18.2 Å². The van der Waals surface area contributed by atoms with Gasteiger partial charge in [0.05, 0.1) is 13.2 Å². The largest absolute Gasteiger partial charge is 0.493 e. The number of carbonyl (C=O) groups is 3. The number of nitrogens with zero attached hydrogens (tertiary/aromatic N) is 2. The summed E-state index contributed by atoms with van der Waals surface area (Å²) in [6, 6.07) is 5.50. The Hall–Kier alpha value is -2.77. The third-order valence-electron chi connectivity index (χ3n) is 4.79. The van der Waals surface area contributed by atoms with Gasteiger partial charge in [-0.1, -0.05) is 6.07 Å². The first-order chi connectivity index (χ1) is 13.3. The number of methoxy groups -OCH3 is 1. The van der Waals surface area contributed by atoms with Gasteiger partial charge in [0.1, 0.15) is 6.54 Å². The Morgan fingerprint density at radius 1 is 1.14 bits per heavy atom. The second-order valence-electron chi connectivity index (χ2n) is 7.08. The maximum absolute atomic E-state index is 11.9. The average Bonchev–Trinajstić information content (AvgIpc) is 3.17. The van der Waals surface area contributed by atoms with Crippen LogP contribution in [0.25, 0.3) is 0 Å². The van der Waals surface area contributed by atoms with Gasteiger partial charge in [0.15, 0.2) is 11.5 Å². The molecule has 0 radical (unpaired) electrons. The minimum Gasteiger partial charge on any atom is -0.493 e. The molecule has 8 heteroatoms. The first-order valence-electron chi connectivity index (χ1n) is 9.37. The Morgan fingerprint density at radius 2 is 1.82 bits per heavy atom. The number of carboxylic acids is 1. The number of carbonyl (C=O) groups excluding carboxylic acids is 2. The zero-order valence-electron chi connectivity index (χ0n) is 16.6. The molecule has 1 aromatic carbocycles. The predicted octanol–water partition coefficient (Wildman–Crippen LogP) is 1.56. The van der Waals surface area contributed by atoms with Gasteiger partial charge < -0.3 is 24.4 Å². The van der Waals surface area contributed by atoms with Crippen LogP contribution in [0.2, 0.25) is 0 Å². The molecule has 0 atom stereocenters. The van der Waals surface area contributed by atoms with E-state index in [1.54, 1.807) is 27.3 Å².